The molecule has 0 saturated heterocycles. The highest BCUT2D eigenvalue weighted by atomic mass is 16.6. The van der Waals surface area contributed by atoms with Crippen LogP contribution in [0.5, 0.6) is 0 Å². The molecule has 0 aromatic rings. The van der Waals surface area contributed by atoms with E-state index in [1.807, 2.05) is 34.6 Å². The summed E-state index contributed by atoms with van der Waals surface area (Å²) in [6.45, 7) is 9.27. The Bertz CT molecular complexity index is 393. The number of nitrogens with one attached hydrogen (secondary N) is 1. The minimum Gasteiger partial charge on any atom is -0.444 e. The van der Waals surface area contributed by atoms with Gasteiger partial charge in [-0.05, 0) is 51.9 Å². The van der Waals surface area contributed by atoms with Gasteiger partial charge in [-0.25, -0.2) is 4.79 Å². The maximum absolute atomic E-state index is 12.4. The molecule has 0 aromatic heterocycles. The van der Waals surface area contributed by atoms with Gasteiger partial charge in [0.25, 0.3) is 0 Å². The first-order valence-corrected chi connectivity index (χ1v) is 7.21. The van der Waals surface area contributed by atoms with Crippen molar-refractivity contribution in [2.75, 3.05) is 0 Å². The van der Waals surface area contributed by atoms with Crippen LogP contribution in [0.15, 0.2) is 0 Å². The Morgan fingerprint density at radius 1 is 1.26 bits per heavy atom. The van der Waals surface area contributed by atoms with Gasteiger partial charge in [-0.2, -0.15) is 0 Å². The van der Waals surface area contributed by atoms with E-state index in [9.17, 15) is 9.59 Å². The molecule has 2 aliphatic rings. The normalized spacial score (nSPS) is 30.1. The lowest BCUT2D eigenvalue weighted by Gasteiger charge is -2.24. The van der Waals surface area contributed by atoms with Gasteiger partial charge in [0.05, 0.1) is 0 Å². The largest absolute Gasteiger partial charge is 0.444 e. The van der Waals surface area contributed by atoms with E-state index in [4.69, 9.17) is 4.74 Å². The Balaban J connectivity index is 2.04. The van der Waals surface area contributed by atoms with Crippen LogP contribution >= 0.6 is 0 Å². The van der Waals surface area contributed by atoms with Gasteiger partial charge in [0, 0.05) is 5.92 Å². The zero-order chi connectivity index (χ0) is 14.4. The van der Waals surface area contributed by atoms with Crippen LogP contribution in [0.1, 0.15) is 53.9 Å². The predicted octanol–water partition coefficient (Wildman–Crippen LogP) is 2.90. The number of carbonyl (C=O) groups excluding carboxylic acids is 2. The number of carbonyl (C=O) groups is 2. The Morgan fingerprint density at radius 3 is 2.26 bits per heavy atom. The highest BCUT2D eigenvalue weighted by Crippen LogP contribution is 2.58. The summed E-state index contributed by atoms with van der Waals surface area (Å²) < 4.78 is 5.29. The molecule has 2 aliphatic carbocycles. The lowest BCUT2D eigenvalue weighted by atomic mass is 9.96. The van der Waals surface area contributed by atoms with Gasteiger partial charge < -0.3 is 10.1 Å². The Kier molecular flexibility index (Phi) is 3.40. The van der Waals surface area contributed by atoms with Crippen molar-refractivity contribution in [1.82, 2.24) is 5.32 Å². The van der Waals surface area contributed by atoms with Gasteiger partial charge in [-0.1, -0.05) is 13.8 Å². The minimum absolute atomic E-state index is 0.0568. The lowest BCUT2D eigenvalue weighted by molar-refractivity contribution is -0.125. The van der Waals surface area contributed by atoms with Crippen molar-refractivity contribution < 1.29 is 14.3 Å². The molecule has 0 aliphatic heterocycles. The molecule has 1 amide bonds. The molecule has 0 bridgehead atoms. The molecule has 4 nitrogen and oxygen atoms in total. The summed E-state index contributed by atoms with van der Waals surface area (Å²) in [5.74, 6) is 1.04. The average Bonchev–Trinajstić information content (AvgIpc) is 3.06. The van der Waals surface area contributed by atoms with E-state index >= 15 is 0 Å². The second-order valence-corrected chi connectivity index (χ2v) is 7.27. The SMILES string of the molecule is CC(C)C(=O)[C@@]1(NC(=O)OC(C)(C)C)C[C@H]1C1CC1. The molecule has 2 atom stereocenters. The summed E-state index contributed by atoms with van der Waals surface area (Å²) in [6.07, 6.45) is 2.69. The predicted molar refractivity (Wildman–Crippen MR) is 72.8 cm³/mol. The van der Waals surface area contributed by atoms with E-state index in [2.05, 4.69) is 5.32 Å². The zero-order valence-electron chi connectivity index (χ0n) is 12.6. The highest BCUT2D eigenvalue weighted by molar-refractivity contribution is 5.96. The second-order valence-electron chi connectivity index (χ2n) is 7.27. The fraction of sp³-hybridized carbons (Fsp3) is 0.867. The van der Waals surface area contributed by atoms with Crippen molar-refractivity contribution in [3.05, 3.63) is 0 Å². The number of rotatable bonds is 4. The quantitative estimate of drug-likeness (QED) is 0.852. The molecule has 2 fully saturated rings. The van der Waals surface area contributed by atoms with Crippen LogP contribution < -0.4 is 5.32 Å². The number of ketones is 1. The summed E-state index contributed by atoms with van der Waals surface area (Å²) in [5.41, 5.74) is -1.17. The van der Waals surface area contributed by atoms with Crippen LogP contribution in [0.25, 0.3) is 0 Å². The maximum atomic E-state index is 12.4. The second kappa shape index (κ2) is 4.50. The van der Waals surface area contributed by atoms with E-state index in [0.29, 0.717) is 11.8 Å². The van der Waals surface area contributed by atoms with Crippen LogP contribution in [0, 0.1) is 17.8 Å². The van der Waals surface area contributed by atoms with Crippen molar-refractivity contribution >= 4 is 11.9 Å². The fourth-order valence-corrected chi connectivity index (χ4v) is 2.85. The molecule has 1 N–H and O–H groups in total. The number of amides is 1. The Hall–Kier alpha value is -1.06. The zero-order valence-corrected chi connectivity index (χ0v) is 12.6. The first-order valence-electron chi connectivity index (χ1n) is 7.21. The van der Waals surface area contributed by atoms with Crippen LogP contribution in [-0.2, 0) is 9.53 Å². The van der Waals surface area contributed by atoms with Crippen LogP contribution in [0.4, 0.5) is 4.79 Å². The van der Waals surface area contributed by atoms with Crippen molar-refractivity contribution in [3.8, 4) is 0 Å². The standard InChI is InChI=1S/C15H25NO3/c1-9(2)12(17)15(8-11(15)10-6-7-10)16-13(18)19-14(3,4)5/h9-11H,6-8H2,1-5H3,(H,16,18)/t11-,15+/m0/s1. The van der Waals surface area contributed by atoms with Crippen LogP contribution in [0.2, 0.25) is 0 Å². The first kappa shape index (κ1) is 14.4. The average molecular weight is 267 g/mol. The van der Waals surface area contributed by atoms with E-state index < -0.39 is 17.2 Å². The molecule has 0 unspecified atom stereocenters. The number of Topliss-reactive ketones (excluding diaryl/α,β-unsaturated/α-hetero) is 1. The van der Waals surface area contributed by atoms with E-state index in [-0.39, 0.29) is 11.7 Å². The molecule has 2 saturated carbocycles. The molecule has 0 spiro atoms. The Morgan fingerprint density at radius 2 is 1.84 bits per heavy atom. The molecule has 0 radical (unpaired) electrons. The molecule has 4 heteroatoms. The Labute approximate surface area is 115 Å². The third-order valence-electron chi connectivity index (χ3n) is 3.89. The molecule has 2 rings (SSSR count). The number of hydrogen-bond donors (Lipinski definition) is 1. The summed E-state index contributed by atoms with van der Waals surface area (Å²) in [4.78, 5) is 24.3. The van der Waals surface area contributed by atoms with E-state index in [1.54, 1.807) is 0 Å². The summed E-state index contributed by atoms with van der Waals surface area (Å²) in [5, 5.41) is 2.87. The first-order chi connectivity index (χ1) is 8.66. The van der Waals surface area contributed by atoms with Crippen molar-refractivity contribution in [3.63, 3.8) is 0 Å². The van der Waals surface area contributed by atoms with Crippen LogP contribution in [-0.4, -0.2) is 23.0 Å². The molecule has 0 aromatic carbocycles. The fourth-order valence-electron chi connectivity index (χ4n) is 2.85. The minimum atomic E-state index is -0.641. The lowest BCUT2D eigenvalue weighted by Crippen LogP contribution is -2.48. The van der Waals surface area contributed by atoms with Crippen molar-refractivity contribution in [2.24, 2.45) is 17.8 Å². The molecular weight excluding hydrogens is 242 g/mol. The number of hydrogen-bond acceptors (Lipinski definition) is 3. The summed E-state index contributed by atoms with van der Waals surface area (Å²) in [6, 6.07) is 0. The highest BCUT2D eigenvalue weighted by Gasteiger charge is 2.65. The number of ether oxygens (including phenoxy) is 1. The van der Waals surface area contributed by atoms with Crippen molar-refractivity contribution in [2.45, 2.75) is 65.0 Å². The van der Waals surface area contributed by atoms with Gasteiger partial charge in [0.15, 0.2) is 5.78 Å². The van der Waals surface area contributed by atoms with E-state index in [1.165, 1.54) is 12.8 Å². The third kappa shape index (κ3) is 3.10. The van der Waals surface area contributed by atoms with Gasteiger partial charge in [-0.15, -0.1) is 0 Å². The van der Waals surface area contributed by atoms with E-state index in [0.717, 1.165) is 6.42 Å². The van der Waals surface area contributed by atoms with Gasteiger partial charge >= 0.3 is 6.09 Å². The topological polar surface area (TPSA) is 55.4 Å². The monoisotopic (exact) mass is 267 g/mol. The van der Waals surface area contributed by atoms with Crippen molar-refractivity contribution in [1.29, 1.82) is 0 Å². The molecule has 19 heavy (non-hydrogen) atoms. The van der Waals surface area contributed by atoms with Gasteiger partial charge in [0.2, 0.25) is 0 Å². The smallest absolute Gasteiger partial charge is 0.408 e. The summed E-state index contributed by atoms with van der Waals surface area (Å²) in [7, 11) is 0. The van der Waals surface area contributed by atoms with Gasteiger partial charge in [-0.3, -0.25) is 4.79 Å². The van der Waals surface area contributed by atoms with Crippen LogP contribution in [0.3, 0.4) is 0 Å². The summed E-state index contributed by atoms with van der Waals surface area (Å²) >= 11 is 0. The molecule has 108 valence electrons. The van der Waals surface area contributed by atoms with Gasteiger partial charge in [0.1, 0.15) is 11.1 Å². The third-order valence-corrected chi connectivity index (χ3v) is 3.89. The number of alkyl carbamates (subject to hydrolysis) is 1. The molecule has 0 heterocycles. The maximum Gasteiger partial charge on any atom is 0.408 e. The molecular formula is C15H25NO3.